The van der Waals surface area contributed by atoms with E-state index in [0.717, 1.165) is 38.8 Å². The molecule has 0 saturated carbocycles. The normalized spacial score (nSPS) is 11.4. The maximum absolute atomic E-state index is 5.42. The van der Waals surface area contributed by atoms with Crippen LogP contribution >= 0.6 is 0 Å². The molecule has 0 aliphatic carbocycles. The van der Waals surface area contributed by atoms with E-state index in [2.05, 4.69) is 15.6 Å². The van der Waals surface area contributed by atoms with Gasteiger partial charge in [0.2, 0.25) is 0 Å². The molecule has 0 atom stereocenters. The zero-order valence-electron chi connectivity index (χ0n) is 14.3. The van der Waals surface area contributed by atoms with Crippen LogP contribution in [0.25, 0.3) is 33.1 Å². The number of nitrogens with zero attached hydrogens (tertiary/aromatic N) is 4. The van der Waals surface area contributed by atoms with Crippen LogP contribution in [0.1, 0.15) is 5.56 Å². The average Bonchev–Trinajstić information content (AvgIpc) is 2.99. The lowest BCUT2D eigenvalue weighted by Crippen LogP contribution is -2.01. The van der Waals surface area contributed by atoms with Gasteiger partial charge in [-0.05, 0) is 48.0 Å². The molecule has 0 spiro atoms. The third-order valence-corrected chi connectivity index (χ3v) is 4.65. The molecule has 5 aromatic rings. The number of fused-ring (bicyclic) bond motifs is 4. The third-order valence-electron chi connectivity index (χ3n) is 4.65. The number of para-hydroxylation sites is 2. The minimum Gasteiger partial charge on any atom is -0.497 e. The Labute approximate surface area is 149 Å². The zero-order valence-corrected chi connectivity index (χ0v) is 14.3. The fourth-order valence-corrected chi connectivity index (χ4v) is 3.37. The summed E-state index contributed by atoms with van der Waals surface area (Å²) in [7, 11) is 1.68. The molecule has 126 valence electrons. The van der Waals surface area contributed by atoms with E-state index in [-0.39, 0.29) is 0 Å². The summed E-state index contributed by atoms with van der Waals surface area (Å²) in [5.41, 5.74) is 5.82. The van der Waals surface area contributed by atoms with Crippen molar-refractivity contribution in [3.63, 3.8) is 0 Å². The number of pyridine rings is 1. The van der Waals surface area contributed by atoms with Gasteiger partial charge in [-0.2, -0.15) is 0 Å². The standard InChI is InChI=1S/C21H16N4O/c1-26-15-6-7-19-16(12-15)20-21(24-18-5-3-2-4-17(18)23-20)25(19)13-14-8-10-22-11-9-14/h2-12H,13H2,1H3. The summed E-state index contributed by atoms with van der Waals surface area (Å²) in [5.74, 6) is 0.815. The molecule has 0 fully saturated rings. The molecule has 5 nitrogen and oxygen atoms in total. The quantitative estimate of drug-likeness (QED) is 0.494. The topological polar surface area (TPSA) is 52.8 Å². The van der Waals surface area contributed by atoms with Gasteiger partial charge in [-0.1, -0.05) is 12.1 Å². The van der Waals surface area contributed by atoms with Crippen molar-refractivity contribution in [3.05, 3.63) is 72.6 Å². The van der Waals surface area contributed by atoms with Gasteiger partial charge in [0, 0.05) is 24.3 Å². The van der Waals surface area contributed by atoms with Gasteiger partial charge in [0.1, 0.15) is 11.3 Å². The Hall–Kier alpha value is -3.47. The van der Waals surface area contributed by atoms with E-state index >= 15 is 0 Å². The summed E-state index contributed by atoms with van der Waals surface area (Å²) in [4.78, 5) is 13.9. The Balaban J connectivity index is 1.86. The van der Waals surface area contributed by atoms with E-state index in [1.165, 1.54) is 5.56 Å². The zero-order chi connectivity index (χ0) is 17.5. The van der Waals surface area contributed by atoms with Crippen LogP contribution < -0.4 is 4.74 Å². The van der Waals surface area contributed by atoms with Crippen LogP contribution in [-0.2, 0) is 6.54 Å². The van der Waals surface area contributed by atoms with Crippen molar-refractivity contribution in [1.82, 2.24) is 19.5 Å². The first-order chi connectivity index (χ1) is 12.8. The number of hydrogen-bond donors (Lipinski definition) is 0. The summed E-state index contributed by atoms with van der Waals surface area (Å²) >= 11 is 0. The van der Waals surface area contributed by atoms with Gasteiger partial charge in [-0.25, -0.2) is 9.97 Å². The summed E-state index contributed by atoms with van der Waals surface area (Å²) in [6.07, 6.45) is 3.63. The number of ether oxygens (including phenoxy) is 1. The molecular weight excluding hydrogens is 324 g/mol. The third kappa shape index (κ3) is 2.29. The highest BCUT2D eigenvalue weighted by atomic mass is 16.5. The first kappa shape index (κ1) is 14.8. The Bertz CT molecular complexity index is 1240. The van der Waals surface area contributed by atoms with Crippen LogP contribution in [-0.4, -0.2) is 26.6 Å². The number of hydrogen-bond acceptors (Lipinski definition) is 4. The number of methoxy groups -OCH3 is 1. The van der Waals surface area contributed by atoms with E-state index in [9.17, 15) is 0 Å². The fraction of sp³-hybridized carbons (Fsp3) is 0.0952. The monoisotopic (exact) mass is 340 g/mol. The largest absolute Gasteiger partial charge is 0.497 e. The lowest BCUT2D eigenvalue weighted by Gasteiger charge is -2.07. The molecule has 0 amide bonds. The Kier molecular flexibility index (Phi) is 3.31. The van der Waals surface area contributed by atoms with E-state index < -0.39 is 0 Å². The maximum Gasteiger partial charge on any atom is 0.160 e. The Morgan fingerprint density at radius 2 is 1.69 bits per heavy atom. The Morgan fingerprint density at radius 3 is 2.46 bits per heavy atom. The van der Waals surface area contributed by atoms with Crippen molar-refractivity contribution < 1.29 is 4.74 Å². The molecule has 26 heavy (non-hydrogen) atoms. The van der Waals surface area contributed by atoms with Crippen LogP contribution in [0.15, 0.2) is 67.0 Å². The smallest absolute Gasteiger partial charge is 0.160 e. The molecule has 3 heterocycles. The average molecular weight is 340 g/mol. The molecule has 5 rings (SSSR count). The summed E-state index contributed by atoms with van der Waals surface area (Å²) in [6.45, 7) is 0.710. The van der Waals surface area contributed by atoms with Crippen molar-refractivity contribution in [1.29, 1.82) is 0 Å². The molecule has 0 aliphatic rings. The highest BCUT2D eigenvalue weighted by Gasteiger charge is 2.15. The lowest BCUT2D eigenvalue weighted by atomic mass is 10.2. The van der Waals surface area contributed by atoms with Gasteiger partial charge >= 0.3 is 0 Å². The number of benzene rings is 2. The van der Waals surface area contributed by atoms with Crippen LogP contribution in [0.5, 0.6) is 5.75 Å². The van der Waals surface area contributed by atoms with E-state index in [0.29, 0.717) is 6.54 Å². The highest BCUT2D eigenvalue weighted by molar-refractivity contribution is 6.07. The summed E-state index contributed by atoms with van der Waals surface area (Å²) in [6, 6.07) is 18.1. The molecular formula is C21H16N4O. The van der Waals surface area contributed by atoms with Crippen molar-refractivity contribution >= 4 is 33.1 Å². The highest BCUT2D eigenvalue weighted by Crippen LogP contribution is 2.31. The molecule has 0 N–H and O–H groups in total. The molecule has 0 unspecified atom stereocenters. The first-order valence-electron chi connectivity index (χ1n) is 8.45. The summed E-state index contributed by atoms with van der Waals surface area (Å²) in [5, 5.41) is 1.05. The molecule has 0 saturated heterocycles. The molecule has 0 aliphatic heterocycles. The first-order valence-corrected chi connectivity index (χ1v) is 8.45. The molecule has 3 aromatic heterocycles. The summed E-state index contributed by atoms with van der Waals surface area (Å²) < 4.78 is 7.63. The predicted molar refractivity (Wildman–Crippen MR) is 102 cm³/mol. The van der Waals surface area contributed by atoms with Crippen LogP contribution in [0.3, 0.4) is 0 Å². The molecule has 5 heteroatoms. The molecule has 0 bridgehead atoms. The SMILES string of the molecule is COc1ccc2c(c1)c1nc3ccccc3nc1n2Cc1ccncc1. The lowest BCUT2D eigenvalue weighted by molar-refractivity contribution is 0.415. The van der Waals surface area contributed by atoms with Crippen LogP contribution in [0.2, 0.25) is 0 Å². The molecule has 0 radical (unpaired) electrons. The predicted octanol–water partition coefficient (Wildman–Crippen LogP) is 4.19. The van der Waals surface area contributed by atoms with Crippen molar-refractivity contribution in [2.24, 2.45) is 0 Å². The molecule has 2 aromatic carbocycles. The Morgan fingerprint density at radius 1 is 0.923 bits per heavy atom. The minimum absolute atomic E-state index is 0.710. The number of aromatic nitrogens is 4. The van der Waals surface area contributed by atoms with Gasteiger partial charge in [-0.15, -0.1) is 0 Å². The second-order valence-electron chi connectivity index (χ2n) is 6.21. The van der Waals surface area contributed by atoms with E-state index in [1.807, 2.05) is 60.9 Å². The van der Waals surface area contributed by atoms with Crippen LogP contribution in [0, 0.1) is 0 Å². The van der Waals surface area contributed by atoms with Crippen LogP contribution in [0.4, 0.5) is 0 Å². The van der Waals surface area contributed by atoms with Gasteiger partial charge in [0.05, 0.1) is 23.7 Å². The second-order valence-corrected chi connectivity index (χ2v) is 6.21. The minimum atomic E-state index is 0.710. The maximum atomic E-state index is 5.42. The number of rotatable bonds is 3. The van der Waals surface area contributed by atoms with Gasteiger partial charge in [0.15, 0.2) is 5.65 Å². The van der Waals surface area contributed by atoms with Gasteiger partial charge in [-0.3, -0.25) is 4.98 Å². The van der Waals surface area contributed by atoms with E-state index in [4.69, 9.17) is 14.7 Å². The van der Waals surface area contributed by atoms with Gasteiger partial charge < -0.3 is 9.30 Å². The van der Waals surface area contributed by atoms with Crippen molar-refractivity contribution in [2.75, 3.05) is 7.11 Å². The van der Waals surface area contributed by atoms with E-state index in [1.54, 1.807) is 7.11 Å². The van der Waals surface area contributed by atoms with Crippen molar-refractivity contribution in [3.8, 4) is 5.75 Å². The van der Waals surface area contributed by atoms with Crippen molar-refractivity contribution in [2.45, 2.75) is 6.54 Å². The fourth-order valence-electron chi connectivity index (χ4n) is 3.37. The second kappa shape index (κ2) is 5.81. The van der Waals surface area contributed by atoms with Gasteiger partial charge in [0.25, 0.3) is 0 Å².